The topological polar surface area (TPSA) is 65.0 Å². The van der Waals surface area contributed by atoms with Gasteiger partial charge in [-0.2, -0.15) is 0 Å². The highest BCUT2D eigenvalue weighted by molar-refractivity contribution is 7.14. The van der Waals surface area contributed by atoms with Crippen LogP contribution in [0.3, 0.4) is 0 Å². The molecule has 3 rings (SSSR count). The SMILES string of the molecule is Cc1cc(OCc2cc(Cl)c3c(c2)OCO3)c(C(=O)O)s1. The van der Waals surface area contributed by atoms with Crippen molar-refractivity contribution in [3.63, 3.8) is 0 Å². The van der Waals surface area contributed by atoms with Crippen LogP contribution in [0.2, 0.25) is 5.02 Å². The van der Waals surface area contributed by atoms with Crippen LogP contribution >= 0.6 is 22.9 Å². The zero-order chi connectivity index (χ0) is 15.0. The normalized spacial score (nSPS) is 12.5. The molecular weight excluding hydrogens is 316 g/mol. The molecule has 0 unspecified atom stereocenters. The number of aryl methyl sites for hydroxylation is 1. The second-order valence-electron chi connectivity index (χ2n) is 4.46. The lowest BCUT2D eigenvalue weighted by molar-refractivity contribution is 0.0697. The van der Waals surface area contributed by atoms with Crippen LogP contribution in [-0.2, 0) is 6.61 Å². The van der Waals surface area contributed by atoms with Gasteiger partial charge >= 0.3 is 5.97 Å². The molecule has 0 saturated heterocycles. The number of carbonyl (C=O) groups is 1. The van der Waals surface area contributed by atoms with Crippen molar-refractivity contribution in [1.82, 2.24) is 0 Å². The Bertz CT molecular complexity index is 710. The van der Waals surface area contributed by atoms with Gasteiger partial charge in [0.15, 0.2) is 16.4 Å². The van der Waals surface area contributed by atoms with Gasteiger partial charge in [0.05, 0.1) is 5.02 Å². The predicted molar refractivity (Wildman–Crippen MR) is 77.9 cm³/mol. The van der Waals surface area contributed by atoms with Gasteiger partial charge in [-0.15, -0.1) is 11.3 Å². The van der Waals surface area contributed by atoms with Crippen LogP contribution in [0.5, 0.6) is 17.2 Å². The Morgan fingerprint density at radius 1 is 1.43 bits per heavy atom. The molecule has 0 fully saturated rings. The molecule has 0 radical (unpaired) electrons. The molecule has 0 spiro atoms. The molecule has 7 heteroatoms. The van der Waals surface area contributed by atoms with Gasteiger partial charge in [-0.25, -0.2) is 4.79 Å². The lowest BCUT2D eigenvalue weighted by atomic mass is 10.2. The van der Waals surface area contributed by atoms with Gasteiger partial charge in [0, 0.05) is 4.88 Å². The van der Waals surface area contributed by atoms with Gasteiger partial charge in [0.2, 0.25) is 6.79 Å². The molecule has 110 valence electrons. The Morgan fingerprint density at radius 3 is 3.00 bits per heavy atom. The first-order chi connectivity index (χ1) is 10.0. The highest BCUT2D eigenvalue weighted by Gasteiger charge is 2.19. The van der Waals surface area contributed by atoms with E-state index in [0.29, 0.717) is 22.3 Å². The largest absolute Gasteiger partial charge is 0.487 e. The van der Waals surface area contributed by atoms with Crippen molar-refractivity contribution in [1.29, 1.82) is 0 Å². The zero-order valence-electron chi connectivity index (χ0n) is 11.0. The maximum Gasteiger partial charge on any atom is 0.349 e. The third kappa shape index (κ3) is 2.77. The molecule has 0 aliphatic carbocycles. The minimum absolute atomic E-state index is 0.145. The number of halogens is 1. The minimum Gasteiger partial charge on any atom is -0.487 e. The number of fused-ring (bicyclic) bond motifs is 1. The van der Waals surface area contributed by atoms with E-state index < -0.39 is 5.97 Å². The van der Waals surface area contributed by atoms with Gasteiger partial charge in [-0.3, -0.25) is 0 Å². The summed E-state index contributed by atoms with van der Waals surface area (Å²) in [5.41, 5.74) is 0.782. The van der Waals surface area contributed by atoms with Crippen LogP contribution in [0, 0.1) is 6.92 Å². The molecule has 1 aliphatic rings. The highest BCUT2D eigenvalue weighted by atomic mass is 35.5. The molecule has 0 saturated carbocycles. The Labute approximate surface area is 129 Å². The van der Waals surface area contributed by atoms with Crippen molar-refractivity contribution >= 4 is 28.9 Å². The number of rotatable bonds is 4. The first kappa shape index (κ1) is 14.0. The number of thiophene rings is 1. The summed E-state index contributed by atoms with van der Waals surface area (Å²) >= 11 is 7.28. The van der Waals surface area contributed by atoms with E-state index in [2.05, 4.69) is 0 Å². The number of aromatic carboxylic acids is 1. The average molecular weight is 327 g/mol. The molecule has 1 aromatic carbocycles. The average Bonchev–Trinajstić information content (AvgIpc) is 3.02. The summed E-state index contributed by atoms with van der Waals surface area (Å²) < 4.78 is 16.1. The number of carboxylic acids is 1. The van der Waals surface area contributed by atoms with Gasteiger partial charge in [-0.1, -0.05) is 11.6 Å². The quantitative estimate of drug-likeness (QED) is 0.927. The number of ether oxygens (including phenoxy) is 3. The summed E-state index contributed by atoms with van der Waals surface area (Å²) in [6.45, 7) is 2.18. The summed E-state index contributed by atoms with van der Waals surface area (Å²) in [6, 6.07) is 5.20. The summed E-state index contributed by atoms with van der Waals surface area (Å²) in [7, 11) is 0. The van der Waals surface area contributed by atoms with E-state index >= 15 is 0 Å². The maximum atomic E-state index is 11.1. The second-order valence-corrected chi connectivity index (χ2v) is 6.12. The van der Waals surface area contributed by atoms with Crippen LogP contribution in [0.1, 0.15) is 20.1 Å². The van der Waals surface area contributed by atoms with Crippen molar-refractivity contribution in [2.24, 2.45) is 0 Å². The fourth-order valence-electron chi connectivity index (χ4n) is 2.01. The van der Waals surface area contributed by atoms with Gasteiger partial charge in [0.1, 0.15) is 12.4 Å². The zero-order valence-corrected chi connectivity index (χ0v) is 12.6. The lowest BCUT2D eigenvalue weighted by Crippen LogP contribution is -2.00. The van der Waals surface area contributed by atoms with Crippen LogP contribution in [0.15, 0.2) is 18.2 Å². The maximum absolute atomic E-state index is 11.1. The summed E-state index contributed by atoms with van der Waals surface area (Å²) in [4.78, 5) is 12.2. The van der Waals surface area contributed by atoms with E-state index in [4.69, 9.17) is 30.9 Å². The number of benzene rings is 1. The van der Waals surface area contributed by atoms with E-state index in [1.807, 2.05) is 6.92 Å². The molecule has 0 amide bonds. The molecule has 21 heavy (non-hydrogen) atoms. The standard InChI is InChI=1S/C14H11ClO5S/c1-7-2-11(13(21-7)14(16)17)18-5-8-3-9(15)12-10(4-8)19-6-20-12/h2-4H,5-6H2,1H3,(H,16,17). The van der Waals surface area contributed by atoms with Gasteiger partial charge in [0.25, 0.3) is 0 Å². The summed E-state index contributed by atoms with van der Waals surface area (Å²) in [5, 5.41) is 9.57. The second kappa shape index (κ2) is 5.46. The van der Waals surface area contributed by atoms with E-state index in [-0.39, 0.29) is 18.3 Å². The Balaban J connectivity index is 1.80. The van der Waals surface area contributed by atoms with E-state index in [1.54, 1.807) is 18.2 Å². The molecule has 2 aromatic rings. The third-order valence-corrected chi connectivity index (χ3v) is 4.20. The fraction of sp³-hybridized carbons (Fsp3) is 0.214. The van der Waals surface area contributed by atoms with Gasteiger partial charge in [-0.05, 0) is 30.7 Å². The van der Waals surface area contributed by atoms with Crippen LogP contribution in [0.25, 0.3) is 0 Å². The van der Waals surface area contributed by atoms with E-state index in [1.165, 1.54) is 11.3 Å². The van der Waals surface area contributed by atoms with Crippen molar-refractivity contribution in [3.8, 4) is 17.2 Å². The number of hydrogen-bond donors (Lipinski definition) is 1. The summed E-state index contributed by atoms with van der Waals surface area (Å²) in [6.07, 6.45) is 0. The van der Waals surface area contributed by atoms with Crippen molar-refractivity contribution in [2.45, 2.75) is 13.5 Å². The lowest BCUT2D eigenvalue weighted by Gasteiger charge is -2.07. The molecule has 1 N–H and O–H groups in total. The molecule has 0 atom stereocenters. The predicted octanol–water partition coefficient (Wildman–Crippen LogP) is 3.72. The van der Waals surface area contributed by atoms with E-state index in [0.717, 1.165) is 10.4 Å². The molecule has 1 aromatic heterocycles. The minimum atomic E-state index is -0.994. The molecule has 2 heterocycles. The number of hydrogen-bond acceptors (Lipinski definition) is 5. The first-order valence-corrected chi connectivity index (χ1v) is 7.28. The number of carboxylic acid groups (broad SMARTS) is 1. The summed E-state index contributed by atoms with van der Waals surface area (Å²) in [5.74, 6) is 0.463. The molecule has 1 aliphatic heterocycles. The Hall–Kier alpha value is -1.92. The highest BCUT2D eigenvalue weighted by Crippen LogP contribution is 2.40. The first-order valence-electron chi connectivity index (χ1n) is 6.09. The van der Waals surface area contributed by atoms with Crippen LogP contribution < -0.4 is 14.2 Å². The van der Waals surface area contributed by atoms with Crippen molar-refractivity contribution < 1.29 is 24.1 Å². The monoisotopic (exact) mass is 326 g/mol. The Morgan fingerprint density at radius 2 is 2.24 bits per heavy atom. The smallest absolute Gasteiger partial charge is 0.349 e. The molecular formula is C14H11ClO5S. The van der Waals surface area contributed by atoms with Crippen molar-refractivity contribution in [2.75, 3.05) is 6.79 Å². The van der Waals surface area contributed by atoms with Gasteiger partial charge < -0.3 is 19.3 Å². The van der Waals surface area contributed by atoms with Crippen LogP contribution in [0.4, 0.5) is 0 Å². The fourth-order valence-corrected chi connectivity index (χ4v) is 3.09. The molecule has 0 bridgehead atoms. The van der Waals surface area contributed by atoms with E-state index in [9.17, 15) is 4.79 Å². The third-order valence-electron chi connectivity index (χ3n) is 2.90. The van der Waals surface area contributed by atoms with Crippen molar-refractivity contribution in [3.05, 3.63) is 38.5 Å². The van der Waals surface area contributed by atoms with Crippen LogP contribution in [-0.4, -0.2) is 17.9 Å². The molecule has 5 nitrogen and oxygen atoms in total. The Kier molecular flexibility index (Phi) is 3.65.